The Morgan fingerprint density at radius 3 is 2.94 bits per heavy atom. The van der Waals surface area contributed by atoms with E-state index in [0.717, 1.165) is 36.8 Å². The second kappa shape index (κ2) is 5.72. The van der Waals surface area contributed by atoms with Gasteiger partial charge in [-0.25, -0.2) is 0 Å². The third-order valence-corrected chi connectivity index (χ3v) is 4.66. The van der Waals surface area contributed by atoms with Gasteiger partial charge in [0.2, 0.25) is 0 Å². The molecule has 1 aromatic carbocycles. The Bertz CT molecular complexity index is 419. The summed E-state index contributed by atoms with van der Waals surface area (Å²) in [6, 6.07) is 6.37. The maximum absolute atomic E-state index is 10.8. The molecule has 100 valence electrons. The normalized spacial score (nSPS) is 24.7. The van der Waals surface area contributed by atoms with E-state index in [1.165, 1.54) is 11.1 Å². The van der Waals surface area contributed by atoms with Crippen LogP contribution in [0.1, 0.15) is 30.9 Å². The fraction of sp³-hybridized carbons (Fsp3) is 0.600. The van der Waals surface area contributed by atoms with Crippen LogP contribution in [-0.2, 0) is 17.6 Å². The third kappa shape index (κ3) is 2.95. The summed E-state index contributed by atoms with van der Waals surface area (Å²) in [5, 5.41) is 10.8. The SMILES string of the molecule is COCCC(C)C1(O)CCc2cc(Br)ccc2C1. The predicted octanol–water partition coefficient (Wildman–Crippen LogP) is 3.34. The summed E-state index contributed by atoms with van der Waals surface area (Å²) in [5.74, 6) is 0.272. The van der Waals surface area contributed by atoms with Gasteiger partial charge in [0.15, 0.2) is 0 Å². The molecule has 1 aliphatic rings. The molecule has 0 bridgehead atoms. The molecule has 0 radical (unpaired) electrons. The Morgan fingerprint density at radius 2 is 2.22 bits per heavy atom. The number of ether oxygens (including phenoxy) is 1. The number of halogens is 1. The lowest BCUT2D eigenvalue weighted by molar-refractivity contribution is -0.0336. The zero-order valence-electron chi connectivity index (χ0n) is 11.1. The van der Waals surface area contributed by atoms with E-state index in [9.17, 15) is 5.11 Å². The molecule has 2 unspecified atom stereocenters. The lowest BCUT2D eigenvalue weighted by atomic mass is 9.73. The number of aryl methyl sites for hydroxylation is 1. The van der Waals surface area contributed by atoms with Crippen molar-refractivity contribution in [3.05, 3.63) is 33.8 Å². The van der Waals surface area contributed by atoms with E-state index in [2.05, 4.69) is 41.1 Å². The van der Waals surface area contributed by atoms with Crippen molar-refractivity contribution in [3.63, 3.8) is 0 Å². The van der Waals surface area contributed by atoms with Gasteiger partial charge in [0.25, 0.3) is 0 Å². The largest absolute Gasteiger partial charge is 0.389 e. The standard InChI is InChI=1S/C15H21BrO2/c1-11(6-8-18-2)15(17)7-5-12-9-14(16)4-3-13(12)10-15/h3-4,9,11,17H,5-8,10H2,1-2H3. The zero-order valence-corrected chi connectivity index (χ0v) is 12.7. The van der Waals surface area contributed by atoms with E-state index >= 15 is 0 Å². The lowest BCUT2D eigenvalue weighted by Crippen LogP contribution is -2.42. The molecule has 0 fully saturated rings. The summed E-state index contributed by atoms with van der Waals surface area (Å²) in [5.41, 5.74) is 2.09. The molecule has 0 heterocycles. The van der Waals surface area contributed by atoms with E-state index in [0.29, 0.717) is 0 Å². The first kappa shape index (κ1) is 14.0. The van der Waals surface area contributed by atoms with Gasteiger partial charge in [0.05, 0.1) is 5.60 Å². The molecular weight excluding hydrogens is 292 g/mol. The maximum atomic E-state index is 10.8. The molecule has 1 aromatic rings. The van der Waals surface area contributed by atoms with Gasteiger partial charge in [-0.3, -0.25) is 0 Å². The first-order valence-electron chi connectivity index (χ1n) is 6.54. The molecule has 0 saturated carbocycles. The van der Waals surface area contributed by atoms with Gasteiger partial charge >= 0.3 is 0 Å². The molecule has 0 aromatic heterocycles. The molecule has 0 aliphatic heterocycles. The molecule has 2 rings (SSSR count). The van der Waals surface area contributed by atoms with Crippen molar-refractivity contribution < 1.29 is 9.84 Å². The molecule has 1 aliphatic carbocycles. The summed E-state index contributed by atoms with van der Waals surface area (Å²) in [4.78, 5) is 0. The molecule has 2 nitrogen and oxygen atoms in total. The Morgan fingerprint density at radius 1 is 1.44 bits per heavy atom. The molecule has 1 N–H and O–H groups in total. The lowest BCUT2D eigenvalue weighted by Gasteiger charge is -2.38. The van der Waals surface area contributed by atoms with Crippen molar-refractivity contribution in [3.8, 4) is 0 Å². The first-order chi connectivity index (χ1) is 8.55. The first-order valence-corrected chi connectivity index (χ1v) is 7.33. The topological polar surface area (TPSA) is 29.5 Å². The number of rotatable bonds is 4. The van der Waals surface area contributed by atoms with Crippen LogP contribution in [0, 0.1) is 5.92 Å². The van der Waals surface area contributed by atoms with Gasteiger partial charge in [-0.1, -0.05) is 28.9 Å². The fourth-order valence-corrected chi connectivity index (χ4v) is 3.16. The van der Waals surface area contributed by atoms with Crippen LogP contribution < -0.4 is 0 Å². The number of hydrogen-bond donors (Lipinski definition) is 1. The molecule has 18 heavy (non-hydrogen) atoms. The maximum Gasteiger partial charge on any atom is 0.0717 e. The minimum atomic E-state index is -0.570. The summed E-state index contributed by atoms with van der Waals surface area (Å²) >= 11 is 3.50. The van der Waals surface area contributed by atoms with Crippen LogP contribution >= 0.6 is 15.9 Å². The van der Waals surface area contributed by atoms with Crippen LogP contribution in [0.25, 0.3) is 0 Å². The van der Waals surface area contributed by atoms with Crippen LogP contribution in [0.5, 0.6) is 0 Å². The highest BCUT2D eigenvalue weighted by Gasteiger charge is 2.36. The van der Waals surface area contributed by atoms with Gasteiger partial charge in [-0.15, -0.1) is 0 Å². The quantitative estimate of drug-likeness (QED) is 0.924. The highest BCUT2D eigenvalue weighted by molar-refractivity contribution is 9.10. The van der Waals surface area contributed by atoms with Gasteiger partial charge in [0, 0.05) is 24.6 Å². The average molecular weight is 313 g/mol. The molecule has 2 atom stereocenters. The molecule has 3 heteroatoms. The van der Waals surface area contributed by atoms with Crippen molar-refractivity contribution >= 4 is 15.9 Å². The molecule has 0 spiro atoms. The minimum absolute atomic E-state index is 0.272. The van der Waals surface area contributed by atoms with E-state index < -0.39 is 5.60 Å². The van der Waals surface area contributed by atoms with Gasteiger partial charge in [0.1, 0.15) is 0 Å². The van der Waals surface area contributed by atoms with Gasteiger partial charge < -0.3 is 9.84 Å². The zero-order chi connectivity index (χ0) is 13.2. The highest BCUT2D eigenvalue weighted by Crippen LogP contribution is 2.36. The Hall–Kier alpha value is -0.380. The van der Waals surface area contributed by atoms with Crippen molar-refractivity contribution in [1.29, 1.82) is 0 Å². The molecular formula is C15H21BrO2. The van der Waals surface area contributed by atoms with Crippen molar-refractivity contribution in [2.75, 3.05) is 13.7 Å². The number of methoxy groups -OCH3 is 1. The van der Waals surface area contributed by atoms with Crippen LogP contribution in [0.15, 0.2) is 22.7 Å². The van der Waals surface area contributed by atoms with Gasteiger partial charge in [-0.05, 0) is 48.4 Å². The fourth-order valence-electron chi connectivity index (χ4n) is 2.75. The van der Waals surface area contributed by atoms with E-state index in [-0.39, 0.29) is 5.92 Å². The Labute approximate surface area is 117 Å². The molecule has 0 saturated heterocycles. The van der Waals surface area contributed by atoms with Gasteiger partial charge in [-0.2, -0.15) is 0 Å². The number of aliphatic hydroxyl groups is 1. The van der Waals surface area contributed by atoms with E-state index in [4.69, 9.17) is 4.74 Å². The van der Waals surface area contributed by atoms with Crippen LogP contribution in [0.3, 0.4) is 0 Å². The summed E-state index contributed by atoms with van der Waals surface area (Å²) in [6.45, 7) is 2.85. The van der Waals surface area contributed by atoms with Crippen LogP contribution in [0.2, 0.25) is 0 Å². The second-order valence-electron chi connectivity index (χ2n) is 5.38. The monoisotopic (exact) mass is 312 g/mol. The number of benzene rings is 1. The second-order valence-corrected chi connectivity index (χ2v) is 6.29. The highest BCUT2D eigenvalue weighted by atomic mass is 79.9. The summed E-state index contributed by atoms with van der Waals surface area (Å²) < 4.78 is 6.24. The average Bonchev–Trinajstić information content (AvgIpc) is 2.36. The number of hydrogen-bond acceptors (Lipinski definition) is 2. The van der Waals surface area contributed by atoms with E-state index in [1.807, 2.05) is 0 Å². The summed E-state index contributed by atoms with van der Waals surface area (Å²) in [6.07, 6.45) is 3.49. The molecule has 0 amide bonds. The third-order valence-electron chi connectivity index (χ3n) is 4.16. The van der Waals surface area contributed by atoms with Crippen molar-refractivity contribution in [2.45, 2.75) is 38.2 Å². The Kier molecular flexibility index (Phi) is 4.46. The Balaban J connectivity index is 2.12. The smallest absolute Gasteiger partial charge is 0.0717 e. The van der Waals surface area contributed by atoms with Crippen LogP contribution in [-0.4, -0.2) is 24.4 Å². The summed E-state index contributed by atoms with van der Waals surface area (Å²) in [7, 11) is 1.71. The minimum Gasteiger partial charge on any atom is -0.389 e. The number of fused-ring (bicyclic) bond motifs is 1. The van der Waals surface area contributed by atoms with Crippen molar-refractivity contribution in [1.82, 2.24) is 0 Å². The van der Waals surface area contributed by atoms with Crippen molar-refractivity contribution in [2.24, 2.45) is 5.92 Å². The van der Waals surface area contributed by atoms with Crippen LogP contribution in [0.4, 0.5) is 0 Å². The van der Waals surface area contributed by atoms with E-state index in [1.54, 1.807) is 7.11 Å². The predicted molar refractivity (Wildman–Crippen MR) is 76.8 cm³/mol.